The fourth-order valence-electron chi connectivity index (χ4n) is 3.04. The van der Waals surface area contributed by atoms with Crippen LogP contribution in [0.1, 0.15) is 42.2 Å². The molecule has 0 saturated carbocycles. The average Bonchev–Trinajstić information content (AvgIpc) is 2.71. The van der Waals surface area contributed by atoms with E-state index >= 15 is 0 Å². The van der Waals surface area contributed by atoms with E-state index in [0.717, 1.165) is 17.7 Å². The predicted octanol–water partition coefficient (Wildman–Crippen LogP) is 4.24. The van der Waals surface area contributed by atoms with Gasteiger partial charge in [-0.3, -0.25) is 4.79 Å². The van der Waals surface area contributed by atoms with Gasteiger partial charge in [0, 0.05) is 5.56 Å². The van der Waals surface area contributed by atoms with Crippen LogP contribution in [0.15, 0.2) is 36.4 Å². The minimum absolute atomic E-state index is 0.127. The van der Waals surface area contributed by atoms with Crippen molar-refractivity contribution in [3.8, 4) is 23.0 Å². The molecule has 28 heavy (non-hydrogen) atoms. The Morgan fingerprint density at radius 2 is 1.46 bits per heavy atom. The molecular formula is C22H29NO5. The molecule has 0 bridgehead atoms. The first kappa shape index (κ1) is 21.4. The molecule has 0 heterocycles. The average molecular weight is 387 g/mol. The van der Waals surface area contributed by atoms with Crippen LogP contribution in [0.25, 0.3) is 0 Å². The summed E-state index contributed by atoms with van der Waals surface area (Å²) in [5.41, 5.74) is 1.46. The van der Waals surface area contributed by atoms with Gasteiger partial charge in [0.25, 0.3) is 5.91 Å². The first-order chi connectivity index (χ1) is 13.4. The SMILES string of the molecule is COc1ccc(C(CC(C)C)NC(=O)c2cc(OC)c(OC)c(OC)c2)cc1. The molecule has 6 nitrogen and oxygen atoms in total. The lowest BCUT2D eigenvalue weighted by Crippen LogP contribution is -2.29. The lowest BCUT2D eigenvalue weighted by Gasteiger charge is -2.22. The number of carbonyl (C=O) groups is 1. The molecule has 152 valence electrons. The molecule has 2 aromatic rings. The van der Waals surface area contributed by atoms with Gasteiger partial charge in [0.05, 0.1) is 34.5 Å². The van der Waals surface area contributed by atoms with Crippen LogP contribution in [0.2, 0.25) is 0 Å². The number of nitrogens with one attached hydrogen (secondary N) is 1. The smallest absolute Gasteiger partial charge is 0.252 e. The van der Waals surface area contributed by atoms with Gasteiger partial charge in [-0.1, -0.05) is 26.0 Å². The van der Waals surface area contributed by atoms with Crippen LogP contribution in [-0.4, -0.2) is 34.3 Å². The van der Waals surface area contributed by atoms with Crippen LogP contribution in [0.4, 0.5) is 0 Å². The standard InChI is InChI=1S/C22H29NO5/c1-14(2)11-18(15-7-9-17(25-3)10-8-15)23-22(24)16-12-19(26-4)21(28-6)20(13-16)27-5/h7-10,12-14,18H,11H2,1-6H3,(H,23,24). The number of amides is 1. The van der Waals surface area contributed by atoms with Crippen molar-refractivity contribution in [1.82, 2.24) is 5.32 Å². The van der Waals surface area contributed by atoms with E-state index in [4.69, 9.17) is 18.9 Å². The Labute approximate surface area is 166 Å². The lowest BCUT2D eigenvalue weighted by molar-refractivity contribution is 0.0931. The van der Waals surface area contributed by atoms with Crippen molar-refractivity contribution < 1.29 is 23.7 Å². The second-order valence-electron chi connectivity index (χ2n) is 6.84. The third-order valence-electron chi connectivity index (χ3n) is 4.46. The van der Waals surface area contributed by atoms with Crippen LogP contribution in [0.3, 0.4) is 0 Å². The lowest BCUT2D eigenvalue weighted by atomic mass is 9.96. The summed E-state index contributed by atoms with van der Waals surface area (Å²) in [6.45, 7) is 4.25. The molecule has 1 N–H and O–H groups in total. The van der Waals surface area contributed by atoms with Gasteiger partial charge in [0.2, 0.25) is 5.75 Å². The van der Waals surface area contributed by atoms with Gasteiger partial charge in [-0.05, 0) is 42.2 Å². The maximum atomic E-state index is 13.0. The summed E-state index contributed by atoms with van der Waals surface area (Å²) in [6.07, 6.45) is 0.808. The minimum atomic E-state index is -0.208. The van der Waals surface area contributed by atoms with Crippen molar-refractivity contribution in [3.05, 3.63) is 47.5 Å². The highest BCUT2D eigenvalue weighted by atomic mass is 16.5. The molecule has 0 aliphatic carbocycles. The summed E-state index contributed by atoms with van der Waals surface area (Å²) in [4.78, 5) is 13.0. The molecule has 0 aromatic heterocycles. The minimum Gasteiger partial charge on any atom is -0.497 e. The molecule has 6 heteroatoms. The quantitative estimate of drug-likeness (QED) is 0.697. The molecule has 2 aromatic carbocycles. The van der Waals surface area contributed by atoms with Gasteiger partial charge in [-0.15, -0.1) is 0 Å². The van der Waals surface area contributed by atoms with Crippen molar-refractivity contribution >= 4 is 5.91 Å². The van der Waals surface area contributed by atoms with E-state index in [9.17, 15) is 4.79 Å². The molecule has 1 amide bonds. The van der Waals surface area contributed by atoms with Crippen LogP contribution < -0.4 is 24.3 Å². The highest BCUT2D eigenvalue weighted by Gasteiger charge is 2.21. The van der Waals surface area contributed by atoms with E-state index in [2.05, 4.69) is 19.2 Å². The second-order valence-corrected chi connectivity index (χ2v) is 6.84. The molecule has 0 radical (unpaired) electrons. The van der Waals surface area contributed by atoms with Crippen molar-refractivity contribution in [2.24, 2.45) is 5.92 Å². The highest BCUT2D eigenvalue weighted by Crippen LogP contribution is 2.38. The van der Waals surface area contributed by atoms with Gasteiger partial charge in [-0.2, -0.15) is 0 Å². The monoisotopic (exact) mass is 387 g/mol. The summed E-state index contributed by atoms with van der Waals surface area (Å²) in [6, 6.07) is 10.9. The van der Waals surface area contributed by atoms with E-state index in [0.29, 0.717) is 28.7 Å². The zero-order chi connectivity index (χ0) is 20.7. The van der Waals surface area contributed by atoms with Gasteiger partial charge in [0.1, 0.15) is 5.75 Å². The van der Waals surface area contributed by atoms with Gasteiger partial charge < -0.3 is 24.3 Å². The van der Waals surface area contributed by atoms with Gasteiger partial charge in [0.15, 0.2) is 11.5 Å². The summed E-state index contributed by atoms with van der Waals surface area (Å²) in [5.74, 6) is 2.32. The van der Waals surface area contributed by atoms with Crippen molar-refractivity contribution in [1.29, 1.82) is 0 Å². The molecule has 0 saturated heterocycles. The third-order valence-corrected chi connectivity index (χ3v) is 4.46. The van der Waals surface area contributed by atoms with Crippen molar-refractivity contribution in [3.63, 3.8) is 0 Å². The Kier molecular flexibility index (Phi) is 7.55. The molecule has 0 spiro atoms. The Bertz CT molecular complexity index is 761. The van der Waals surface area contributed by atoms with Crippen LogP contribution in [0.5, 0.6) is 23.0 Å². The molecule has 1 atom stereocenters. The fourth-order valence-corrected chi connectivity index (χ4v) is 3.04. The maximum absolute atomic E-state index is 13.0. The van der Waals surface area contributed by atoms with Crippen LogP contribution in [0, 0.1) is 5.92 Å². The summed E-state index contributed by atoms with van der Waals surface area (Å²) < 4.78 is 21.3. The fraction of sp³-hybridized carbons (Fsp3) is 0.409. The largest absolute Gasteiger partial charge is 0.497 e. The first-order valence-electron chi connectivity index (χ1n) is 9.18. The Morgan fingerprint density at radius 3 is 1.89 bits per heavy atom. The number of ether oxygens (including phenoxy) is 4. The van der Waals surface area contributed by atoms with Crippen molar-refractivity contribution in [2.45, 2.75) is 26.3 Å². The van der Waals surface area contributed by atoms with E-state index in [1.807, 2.05) is 24.3 Å². The summed E-state index contributed by atoms with van der Waals surface area (Å²) in [7, 11) is 6.21. The van der Waals surface area contributed by atoms with E-state index in [1.165, 1.54) is 21.3 Å². The second kappa shape index (κ2) is 9.88. The van der Waals surface area contributed by atoms with Crippen molar-refractivity contribution in [2.75, 3.05) is 28.4 Å². The van der Waals surface area contributed by atoms with Crippen LogP contribution >= 0.6 is 0 Å². The molecular weight excluding hydrogens is 358 g/mol. The molecule has 1 unspecified atom stereocenters. The third kappa shape index (κ3) is 5.09. The zero-order valence-corrected chi connectivity index (χ0v) is 17.4. The number of methoxy groups -OCH3 is 4. The normalized spacial score (nSPS) is 11.7. The van der Waals surface area contributed by atoms with Crippen LogP contribution in [-0.2, 0) is 0 Å². The Balaban J connectivity index is 2.32. The summed E-state index contributed by atoms with van der Waals surface area (Å²) >= 11 is 0. The maximum Gasteiger partial charge on any atom is 0.252 e. The highest BCUT2D eigenvalue weighted by molar-refractivity contribution is 5.96. The van der Waals surface area contributed by atoms with E-state index in [-0.39, 0.29) is 11.9 Å². The zero-order valence-electron chi connectivity index (χ0n) is 17.4. The Hall–Kier alpha value is -2.89. The van der Waals surface area contributed by atoms with Gasteiger partial charge >= 0.3 is 0 Å². The van der Waals surface area contributed by atoms with E-state index < -0.39 is 0 Å². The van der Waals surface area contributed by atoms with E-state index in [1.54, 1.807) is 19.2 Å². The first-order valence-corrected chi connectivity index (χ1v) is 9.18. The predicted molar refractivity (Wildman–Crippen MR) is 109 cm³/mol. The summed E-state index contributed by atoms with van der Waals surface area (Å²) in [5, 5.41) is 3.13. The van der Waals surface area contributed by atoms with Gasteiger partial charge in [-0.25, -0.2) is 0 Å². The molecule has 2 rings (SSSR count). The number of carbonyl (C=O) groups excluding carboxylic acids is 1. The number of hydrogen-bond acceptors (Lipinski definition) is 5. The molecule has 0 fully saturated rings. The number of hydrogen-bond donors (Lipinski definition) is 1. The Morgan fingerprint density at radius 1 is 0.893 bits per heavy atom. The number of benzene rings is 2. The number of rotatable bonds is 9. The molecule has 0 aliphatic rings. The molecule has 0 aliphatic heterocycles. The topological polar surface area (TPSA) is 66.0 Å².